The Bertz CT molecular complexity index is 831. The number of hydrogen-bond acceptors (Lipinski definition) is 2. The maximum absolute atomic E-state index is 2.64. The highest BCUT2D eigenvalue weighted by Gasteiger charge is 2.49. The van der Waals surface area contributed by atoms with E-state index in [1.54, 1.807) is 0 Å². The van der Waals surface area contributed by atoms with Crippen LogP contribution < -0.4 is 9.80 Å². The Morgan fingerprint density at radius 1 is 0.516 bits per heavy atom. The van der Waals surface area contributed by atoms with Gasteiger partial charge in [-0.05, 0) is 35.4 Å². The van der Waals surface area contributed by atoms with E-state index in [9.17, 15) is 0 Å². The van der Waals surface area contributed by atoms with Gasteiger partial charge in [0.15, 0.2) is 0 Å². The summed E-state index contributed by atoms with van der Waals surface area (Å²) in [5, 5.41) is 0. The van der Waals surface area contributed by atoms with Crippen LogP contribution in [0.3, 0.4) is 0 Å². The van der Waals surface area contributed by atoms with E-state index in [4.69, 9.17) is 0 Å². The largest absolute Gasteiger partial charge is 0.378 e. The molecule has 0 saturated heterocycles. The van der Waals surface area contributed by atoms with Crippen LogP contribution in [0.5, 0.6) is 0 Å². The molecule has 2 aromatic rings. The van der Waals surface area contributed by atoms with Crippen molar-refractivity contribution in [3.8, 4) is 0 Å². The van der Waals surface area contributed by atoms with Crippen LogP contribution in [0, 0.1) is 0 Å². The van der Waals surface area contributed by atoms with Crippen LogP contribution in [0.2, 0.25) is 39.3 Å². The highest BCUT2D eigenvalue weighted by molar-refractivity contribution is 7.70. The predicted octanol–water partition coefficient (Wildman–Crippen LogP) is 6.91. The van der Waals surface area contributed by atoms with Crippen molar-refractivity contribution in [1.29, 1.82) is 0 Å². The Hall–Kier alpha value is -1.83. The van der Waals surface area contributed by atoms with E-state index in [1.165, 1.54) is 22.5 Å². The number of anilines is 2. The molecule has 0 atom stereocenters. The van der Waals surface area contributed by atoms with Gasteiger partial charge in [-0.1, -0.05) is 87.1 Å². The van der Waals surface area contributed by atoms with Gasteiger partial charge in [-0.3, -0.25) is 0 Å². The summed E-state index contributed by atoms with van der Waals surface area (Å²) in [6.45, 7) is 15.6. The lowest BCUT2D eigenvalue weighted by atomic mass is 10.2. The molecule has 2 nitrogen and oxygen atoms in total. The van der Waals surface area contributed by atoms with E-state index >= 15 is 0 Å². The number of benzene rings is 2. The molecule has 0 heterocycles. The molecule has 31 heavy (non-hydrogen) atoms. The van der Waals surface area contributed by atoms with Crippen molar-refractivity contribution in [3.05, 3.63) is 71.1 Å². The van der Waals surface area contributed by atoms with E-state index < -0.39 is 22.3 Å². The van der Waals surface area contributed by atoms with Gasteiger partial charge in [0, 0.05) is 46.7 Å². The first kappa shape index (κ1) is 25.4. The van der Waals surface area contributed by atoms with Crippen LogP contribution in [0.15, 0.2) is 59.9 Å². The second-order valence-corrected chi connectivity index (χ2v) is 38.2. The summed E-state index contributed by atoms with van der Waals surface area (Å²) in [6, 6.07) is 17.8. The zero-order valence-electron chi connectivity index (χ0n) is 21.3. The van der Waals surface area contributed by atoms with Crippen molar-refractivity contribution < 1.29 is 0 Å². The molecule has 0 spiro atoms. The third-order valence-corrected chi connectivity index (χ3v) is 47.8. The van der Waals surface area contributed by atoms with Crippen LogP contribution in [0.4, 0.5) is 11.4 Å². The number of rotatable bonds is 8. The van der Waals surface area contributed by atoms with E-state index in [2.05, 4.69) is 149 Å². The number of nitrogens with zero attached hydrogens (tertiary/aromatic N) is 2. The van der Waals surface area contributed by atoms with Crippen molar-refractivity contribution in [2.75, 3.05) is 38.0 Å². The summed E-state index contributed by atoms with van der Waals surface area (Å²) < 4.78 is 0. The fourth-order valence-corrected chi connectivity index (χ4v) is 31.8. The van der Waals surface area contributed by atoms with Crippen LogP contribution in [-0.4, -0.2) is 50.5 Å². The van der Waals surface area contributed by atoms with Gasteiger partial charge in [-0.15, -0.1) is 0 Å². The molecule has 0 radical (unpaired) electrons. The summed E-state index contributed by atoms with van der Waals surface area (Å²) in [6.07, 6.45) is 4.77. The van der Waals surface area contributed by atoms with Gasteiger partial charge >= 0.3 is 0 Å². The number of hydrogen-bond donors (Lipinski definition) is 0. The first-order valence-electron chi connectivity index (χ1n) is 11.2. The Kier molecular flexibility index (Phi) is 8.00. The first-order valence-corrected chi connectivity index (χ1v) is 22.4. The lowest BCUT2D eigenvalue weighted by Crippen LogP contribution is -2.68. The molecule has 0 aromatic heterocycles. The van der Waals surface area contributed by atoms with Gasteiger partial charge in [0.2, 0.25) is 0 Å². The smallest absolute Gasteiger partial charge is 0.0626 e. The van der Waals surface area contributed by atoms with Crippen LogP contribution >= 0.6 is 0 Å². The minimum atomic E-state index is -1.49. The van der Waals surface area contributed by atoms with E-state index in [0.717, 1.165) is 0 Å². The van der Waals surface area contributed by atoms with Crippen molar-refractivity contribution in [3.63, 3.8) is 0 Å². The molecule has 0 aliphatic heterocycles. The SMILES string of the molecule is CN(C)c1ccc(/C=C/[Si](C)(C)[Si](C)(C)[Si](C)(C)/C=C/c2ccc(N(C)C)cc2)cc1. The maximum atomic E-state index is 2.64. The summed E-state index contributed by atoms with van der Waals surface area (Å²) in [4.78, 5) is 4.30. The van der Waals surface area contributed by atoms with Gasteiger partial charge in [-0.25, -0.2) is 0 Å². The van der Waals surface area contributed by atoms with Gasteiger partial charge in [-0.2, -0.15) is 0 Å². The molecule has 0 aliphatic rings. The summed E-state index contributed by atoms with van der Waals surface area (Å²) in [7, 11) is 3.93. The quantitative estimate of drug-likeness (QED) is 0.390. The molecular formula is C26H42N2Si3. The van der Waals surface area contributed by atoms with Crippen molar-refractivity contribution >= 4 is 45.8 Å². The summed E-state index contributed by atoms with van der Waals surface area (Å²) in [5.41, 5.74) is 10.3. The first-order chi connectivity index (χ1) is 14.3. The molecular weight excluding hydrogens is 425 g/mol. The zero-order chi connectivity index (χ0) is 23.4. The normalized spacial score (nSPS) is 13.2. The molecule has 2 aromatic carbocycles. The lowest BCUT2D eigenvalue weighted by molar-refractivity contribution is 1.13. The minimum Gasteiger partial charge on any atom is -0.378 e. The van der Waals surface area contributed by atoms with Gasteiger partial charge in [0.05, 0.1) is 15.2 Å². The lowest BCUT2D eigenvalue weighted by Gasteiger charge is -2.46. The molecule has 2 rings (SSSR count). The Labute approximate surface area is 193 Å². The monoisotopic (exact) mass is 466 g/mol. The molecule has 0 amide bonds. The second-order valence-electron chi connectivity index (χ2n) is 10.7. The van der Waals surface area contributed by atoms with Gasteiger partial charge in [0.25, 0.3) is 0 Å². The molecule has 0 bridgehead atoms. The standard InChI is InChI=1S/C26H42N2Si3/c1-27(2)25-15-11-23(12-16-25)19-21-29(5,6)31(9,10)30(7,8)22-20-24-13-17-26(18-14-24)28(3)4/h11-22H,1-10H3/b21-19+,22-20+. The van der Waals surface area contributed by atoms with Gasteiger partial charge in [0.1, 0.15) is 0 Å². The predicted molar refractivity (Wildman–Crippen MR) is 152 cm³/mol. The second kappa shape index (κ2) is 9.76. The molecule has 0 unspecified atom stereocenters. The highest BCUT2D eigenvalue weighted by Crippen LogP contribution is 2.32. The molecule has 168 valence electrons. The fourth-order valence-electron chi connectivity index (χ4n) is 3.62. The topological polar surface area (TPSA) is 6.48 Å². The molecule has 0 aliphatic carbocycles. The Balaban J connectivity index is 2.20. The van der Waals surface area contributed by atoms with E-state index in [-0.39, 0.29) is 0 Å². The third-order valence-electron chi connectivity index (χ3n) is 7.43. The van der Waals surface area contributed by atoms with Gasteiger partial charge < -0.3 is 9.80 Å². The molecule has 5 heteroatoms. The Morgan fingerprint density at radius 2 is 0.806 bits per heavy atom. The average molecular weight is 467 g/mol. The maximum Gasteiger partial charge on any atom is 0.0626 e. The average Bonchev–Trinajstić information content (AvgIpc) is 2.71. The van der Waals surface area contributed by atoms with Crippen molar-refractivity contribution in [2.45, 2.75) is 39.3 Å². The molecule has 0 fully saturated rings. The summed E-state index contributed by atoms with van der Waals surface area (Å²) in [5.74, 6) is 0. The minimum absolute atomic E-state index is 1.25. The van der Waals surface area contributed by atoms with Crippen LogP contribution in [0.1, 0.15) is 11.1 Å². The van der Waals surface area contributed by atoms with Crippen molar-refractivity contribution in [2.24, 2.45) is 0 Å². The van der Waals surface area contributed by atoms with Crippen LogP contribution in [0.25, 0.3) is 12.2 Å². The van der Waals surface area contributed by atoms with Crippen LogP contribution in [-0.2, 0) is 0 Å². The van der Waals surface area contributed by atoms with E-state index in [1.807, 2.05) is 0 Å². The van der Waals surface area contributed by atoms with Crippen molar-refractivity contribution in [1.82, 2.24) is 0 Å². The molecule has 0 N–H and O–H groups in total. The summed E-state index contributed by atoms with van der Waals surface area (Å²) >= 11 is 0. The highest BCUT2D eigenvalue weighted by atomic mass is 29.6. The third kappa shape index (κ3) is 6.12. The molecule has 0 saturated carbocycles. The fraction of sp³-hybridized carbons (Fsp3) is 0.385. The zero-order valence-corrected chi connectivity index (χ0v) is 24.3. The van der Waals surface area contributed by atoms with E-state index in [0.29, 0.717) is 0 Å². The Morgan fingerprint density at radius 3 is 1.06 bits per heavy atom.